The fraction of sp³-hybridized carbons (Fsp3) is 0.278. The molecule has 0 fully saturated rings. The normalized spacial score (nSPS) is 12.4. The molecule has 25 heavy (non-hydrogen) atoms. The van der Waals surface area contributed by atoms with E-state index < -0.39 is 11.2 Å². The van der Waals surface area contributed by atoms with Gasteiger partial charge in [0.05, 0.1) is 10.6 Å². The molecule has 3 aromatic rings. The van der Waals surface area contributed by atoms with Gasteiger partial charge in [0, 0.05) is 10.9 Å². The number of hydrogen-bond acceptors (Lipinski definition) is 5. The number of thiophene rings is 1. The van der Waals surface area contributed by atoms with Gasteiger partial charge in [0.1, 0.15) is 4.83 Å². The summed E-state index contributed by atoms with van der Waals surface area (Å²) in [6.45, 7) is 3.99. The van der Waals surface area contributed by atoms with Crippen LogP contribution in [-0.4, -0.2) is 21.1 Å². The first kappa shape index (κ1) is 17.7. The highest BCUT2D eigenvalue weighted by Crippen LogP contribution is 2.32. The summed E-state index contributed by atoms with van der Waals surface area (Å²) in [4.78, 5) is 32.0. The number of nitrogens with zero attached hydrogens (tertiary/aromatic N) is 1. The number of aromatic amines is 1. The molecule has 5 nitrogen and oxygen atoms in total. The van der Waals surface area contributed by atoms with Crippen LogP contribution in [0.2, 0.25) is 0 Å². The second-order valence-electron chi connectivity index (χ2n) is 5.67. The Morgan fingerprint density at radius 3 is 2.64 bits per heavy atom. The van der Waals surface area contributed by atoms with E-state index in [1.807, 2.05) is 24.4 Å². The van der Waals surface area contributed by atoms with Crippen LogP contribution < -0.4 is 11.3 Å². The second kappa shape index (κ2) is 7.41. The molecule has 3 N–H and O–H groups in total. The van der Waals surface area contributed by atoms with Crippen LogP contribution in [0.15, 0.2) is 39.6 Å². The van der Waals surface area contributed by atoms with Crippen molar-refractivity contribution in [1.82, 2.24) is 9.97 Å². The number of H-pyrrole nitrogens is 1. The maximum Gasteiger partial charge on any atom is 0.260 e. The number of nitrogens with one attached hydrogen (secondary N) is 1. The van der Waals surface area contributed by atoms with Gasteiger partial charge in [-0.2, -0.15) is 0 Å². The number of rotatable bonds is 6. The number of hydrogen-bond donors (Lipinski definition) is 2. The van der Waals surface area contributed by atoms with Crippen molar-refractivity contribution < 1.29 is 4.79 Å². The number of fused-ring (bicyclic) bond motifs is 1. The van der Waals surface area contributed by atoms with Crippen molar-refractivity contribution in [2.24, 2.45) is 5.73 Å². The summed E-state index contributed by atoms with van der Waals surface area (Å²) in [6, 6.07) is 8.21. The van der Waals surface area contributed by atoms with Crippen LogP contribution in [-0.2, 0) is 11.2 Å². The van der Waals surface area contributed by atoms with Gasteiger partial charge in [0.15, 0.2) is 5.16 Å². The molecule has 1 amide bonds. The van der Waals surface area contributed by atoms with Gasteiger partial charge in [-0.05, 0) is 24.0 Å². The fourth-order valence-electron chi connectivity index (χ4n) is 2.59. The van der Waals surface area contributed by atoms with Crippen molar-refractivity contribution in [1.29, 1.82) is 0 Å². The Hall–Kier alpha value is -2.12. The van der Waals surface area contributed by atoms with E-state index in [4.69, 9.17) is 5.73 Å². The first-order valence-electron chi connectivity index (χ1n) is 8.10. The first-order valence-corrected chi connectivity index (χ1v) is 9.86. The zero-order valence-corrected chi connectivity index (χ0v) is 15.7. The quantitative estimate of drug-likeness (QED) is 0.511. The molecule has 0 radical (unpaired) electrons. The third kappa shape index (κ3) is 3.62. The maximum atomic E-state index is 12.6. The van der Waals surface area contributed by atoms with Crippen LogP contribution in [0, 0.1) is 0 Å². The Morgan fingerprint density at radius 2 is 2.04 bits per heavy atom. The van der Waals surface area contributed by atoms with Crippen LogP contribution in [0.1, 0.15) is 25.8 Å². The number of benzene rings is 1. The Labute approximate surface area is 153 Å². The van der Waals surface area contributed by atoms with Gasteiger partial charge < -0.3 is 10.7 Å². The van der Waals surface area contributed by atoms with E-state index in [9.17, 15) is 9.59 Å². The molecule has 130 valence electrons. The van der Waals surface area contributed by atoms with Gasteiger partial charge in [0.2, 0.25) is 5.91 Å². The zero-order valence-electron chi connectivity index (χ0n) is 14.0. The largest absolute Gasteiger partial charge is 0.369 e. The molecule has 1 aromatic carbocycles. The summed E-state index contributed by atoms with van der Waals surface area (Å²) in [5.74, 6) is -0.405. The van der Waals surface area contributed by atoms with Gasteiger partial charge in [0.25, 0.3) is 5.56 Å². The molecule has 2 aromatic heterocycles. The minimum absolute atomic E-state index is 0.192. The summed E-state index contributed by atoms with van der Waals surface area (Å²) in [6.07, 6.45) is 1.56. The Kier molecular flexibility index (Phi) is 5.24. The molecular weight excluding hydrogens is 354 g/mol. The lowest BCUT2D eigenvalue weighted by Gasteiger charge is -2.09. The molecule has 0 saturated carbocycles. The van der Waals surface area contributed by atoms with E-state index in [0.717, 1.165) is 17.5 Å². The monoisotopic (exact) mass is 373 g/mol. The summed E-state index contributed by atoms with van der Waals surface area (Å²) < 4.78 is 0. The topological polar surface area (TPSA) is 88.8 Å². The molecule has 0 aliphatic rings. The summed E-state index contributed by atoms with van der Waals surface area (Å²) in [5, 5.41) is 2.57. The standard InChI is InChI=1S/C18H19N3O2S2/c1-3-10-5-7-11(8-6-10)12-9-24-17-14(12)16(23)20-18(21-17)25-13(4-2)15(19)22/h5-9,13H,3-4H2,1-2H3,(H2,19,22)(H,20,21,23). The average molecular weight is 374 g/mol. The third-order valence-electron chi connectivity index (χ3n) is 4.04. The lowest BCUT2D eigenvalue weighted by atomic mass is 10.0. The molecule has 3 rings (SSSR count). The van der Waals surface area contributed by atoms with Crippen molar-refractivity contribution in [3.05, 3.63) is 45.6 Å². The van der Waals surface area contributed by atoms with Crippen molar-refractivity contribution in [2.45, 2.75) is 37.1 Å². The van der Waals surface area contributed by atoms with Gasteiger partial charge in [-0.3, -0.25) is 9.59 Å². The van der Waals surface area contributed by atoms with Crippen molar-refractivity contribution in [3.63, 3.8) is 0 Å². The number of amides is 1. The molecular formula is C18H19N3O2S2. The van der Waals surface area contributed by atoms with Gasteiger partial charge >= 0.3 is 0 Å². The molecule has 2 heterocycles. The van der Waals surface area contributed by atoms with Crippen molar-refractivity contribution in [3.8, 4) is 11.1 Å². The Morgan fingerprint density at radius 1 is 1.32 bits per heavy atom. The van der Waals surface area contributed by atoms with Gasteiger partial charge in [-0.15, -0.1) is 11.3 Å². The molecule has 1 atom stereocenters. The smallest absolute Gasteiger partial charge is 0.260 e. The second-order valence-corrected chi connectivity index (χ2v) is 7.72. The van der Waals surface area contributed by atoms with Crippen LogP contribution in [0.5, 0.6) is 0 Å². The van der Waals surface area contributed by atoms with E-state index >= 15 is 0 Å². The van der Waals surface area contributed by atoms with E-state index in [1.165, 1.54) is 28.7 Å². The van der Waals surface area contributed by atoms with E-state index in [0.29, 0.717) is 21.8 Å². The number of nitrogens with two attached hydrogens (primary N) is 1. The third-order valence-corrected chi connectivity index (χ3v) is 6.18. The highest BCUT2D eigenvalue weighted by atomic mass is 32.2. The number of aryl methyl sites for hydroxylation is 1. The van der Waals surface area contributed by atoms with Crippen molar-refractivity contribution in [2.75, 3.05) is 0 Å². The van der Waals surface area contributed by atoms with Crippen molar-refractivity contribution >= 4 is 39.2 Å². The highest BCUT2D eigenvalue weighted by Gasteiger charge is 2.18. The summed E-state index contributed by atoms with van der Waals surface area (Å²) in [5.41, 5.74) is 8.32. The summed E-state index contributed by atoms with van der Waals surface area (Å²) >= 11 is 2.63. The van der Waals surface area contributed by atoms with E-state index in [2.05, 4.69) is 29.0 Å². The van der Waals surface area contributed by atoms with E-state index in [1.54, 1.807) is 0 Å². The van der Waals surface area contributed by atoms with Gasteiger partial charge in [-0.1, -0.05) is 49.9 Å². The predicted molar refractivity (Wildman–Crippen MR) is 104 cm³/mol. The maximum absolute atomic E-state index is 12.6. The lowest BCUT2D eigenvalue weighted by Crippen LogP contribution is -2.25. The number of aromatic nitrogens is 2. The molecule has 0 aliphatic carbocycles. The Balaban J connectivity index is 2.01. The predicted octanol–water partition coefficient (Wildman–Crippen LogP) is 3.57. The molecule has 7 heteroatoms. The molecule has 0 saturated heterocycles. The van der Waals surface area contributed by atoms with Gasteiger partial charge in [-0.25, -0.2) is 4.98 Å². The average Bonchev–Trinajstić information content (AvgIpc) is 3.04. The number of thioether (sulfide) groups is 1. The lowest BCUT2D eigenvalue weighted by molar-refractivity contribution is -0.117. The number of carbonyl (C=O) groups excluding carboxylic acids is 1. The Bertz CT molecular complexity index is 961. The van der Waals surface area contributed by atoms with E-state index in [-0.39, 0.29) is 5.56 Å². The minimum atomic E-state index is -0.405. The number of primary amides is 1. The number of carbonyl (C=O) groups is 1. The summed E-state index contributed by atoms with van der Waals surface area (Å²) in [7, 11) is 0. The SMILES string of the molecule is CCc1ccc(-c2csc3nc(SC(CC)C(N)=O)[nH]c(=O)c23)cc1. The van der Waals surface area contributed by atoms with Crippen LogP contribution in [0.25, 0.3) is 21.3 Å². The van der Waals surface area contributed by atoms with Crippen LogP contribution >= 0.6 is 23.1 Å². The first-order chi connectivity index (χ1) is 12.0. The highest BCUT2D eigenvalue weighted by molar-refractivity contribution is 8.00. The molecule has 1 unspecified atom stereocenters. The van der Waals surface area contributed by atoms with Crippen LogP contribution in [0.4, 0.5) is 0 Å². The zero-order chi connectivity index (χ0) is 18.0. The fourth-order valence-corrected chi connectivity index (χ4v) is 4.45. The minimum Gasteiger partial charge on any atom is -0.369 e. The molecule has 0 spiro atoms. The van der Waals surface area contributed by atoms with Crippen LogP contribution in [0.3, 0.4) is 0 Å². The molecule has 0 aliphatic heterocycles. The molecule has 0 bridgehead atoms.